The summed E-state index contributed by atoms with van der Waals surface area (Å²) in [5.41, 5.74) is 4.65. The summed E-state index contributed by atoms with van der Waals surface area (Å²) < 4.78 is 52.8. The zero-order chi connectivity index (χ0) is 27.8. The average Bonchev–Trinajstić information content (AvgIpc) is 3.26. The first-order valence-corrected chi connectivity index (χ1v) is 14.3. The van der Waals surface area contributed by atoms with E-state index in [1.54, 1.807) is 43.0 Å². The van der Waals surface area contributed by atoms with E-state index >= 15 is 0 Å². The van der Waals surface area contributed by atoms with Crippen molar-refractivity contribution in [1.82, 2.24) is 14.6 Å². The van der Waals surface area contributed by atoms with E-state index in [2.05, 4.69) is 4.98 Å². The smallest absolute Gasteiger partial charge is 0.175 e. The van der Waals surface area contributed by atoms with E-state index in [-0.39, 0.29) is 4.90 Å². The molecular formula is C28H33N3O7S. The van der Waals surface area contributed by atoms with Crippen LogP contribution >= 0.6 is 0 Å². The maximum atomic E-state index is 11.9. The van der Waals surface area contributed by atoms with Gasteiger partial charge in [0.05, 0.1) is 62.1 Å². The Labute approximate surface area is 228 Å². The molecule has 2 aromatic carbocycles. The third-order valence-electron chi connectivity index (χ3n) is 5.96. The Hall–Kier alpha value is -3.51. The molecule has 39 heavy (non-hydrogen) atoms. The summed E-state index contributed by atoms with van der Waals surface area (Å²) >= 11 is 0. The molecule has 0 aliphatic carbocycles. The third kappa shape index (κ3) is 7.12. The van der Waals surface area contributed by atoms with Crippen molar-refractivity contribution in [3.63, 3.8) is 0 Å². The van der Waals surface area contributed by atoms with Gasteiger partial charge in [0, 0.05) is 24.5 Å². The Morgan fingerprint density at radius 3 is 2.13 bits per heavy atom. The normalized spacial score (nSPS) is 11.7. The molecule has 0 saturated heterocycles. The topological polar surface area (TPSA) is 110 Å². The van der Waals surface area contributed by atoms with Gasteiger partial charge in [-0.1, -0.05) is 12.1 Å². The molecule has 0 unspecified atom stereocenters. The number of rotatable bonds is 14. The summed E-state index contributed by atoms with van der Waals surface area (Å²) in [7, 11) is -0.0586. The molecule has 0 fully saturated rings. The zero-order valence-electron chi connectivity index (χ0n) is 22.5. The minimum Gasteiger partial charge on any atom is -0.493 e. The van der Waals surface area contributed by atoms with Crippen LogP contribution in [0, 0.1) is 6.92 Å². The van der Waals surface area contributed by atoms with Crippen molar-refractivity contribution in [2.75, 3.05) is 60.1 Å². The van der Waals surface area contributed by atoms with Crippen LogP contribution in [0.15, 0.2) is 59.5 Å². The molecule has 0 aliphatic rings. The maximum Gasteiger partial charge on any atom is 0.175 e. The second-order valence-electron chi connectivity index (χ2n) is 8.76. The summed E-state index contributed by atoms with van der Waals surface area (Å²) in [6, 6.07) is 16.2. The highest BCUT2D eigenvalue weighted by atomic mass is 32.2. The first-order chi connectivity index (χ1) is 18.8. The number of methoxy groups -OCH3 is 2. The van der Waals surface area contributed by atoms with Gasteiger partial charge in [0.1, 0.15) is 6.61 Å². The van der Waals surface area contributed by atoms with E-state index in [9.17, 15) is 8.42 Å². The lowest BCUT2D eigenvalue weighted by Crippen LogP contribution is -2.12. The van der Waals surface area contributed by atoms with Gasteiger partial charge in [-0.05, 0) is 49.4 Å². The average molecular weight is 556 g/mol. The molecule has 10 nitrogen and oxygen atoms in total. The Morgan fingerprint density at radius 1 is 0.795 bits per heavy atom. The molecule has 0 radical (unpaired) electrons. The minimum absolute atomic E-state index is 0.263. The van der Waals surface area contributed by atoms with Crippen LogP contribution in [0.1, 0.15) is 5.69 Å². The lowest BCUT2D eigenvalue weighted by atomic mass is 10.1. The molecule has 0 aliphatic heterocycles. The third-order valence-corrected chi connectivity index (χ3v) is 7.08. The maximum absolute atomic E-state index is 11.9. The van der Waals surface area contributed by atoms with Crippen LogP contribution in [0.2, 0.25) is 0 Å². The number of nitrogens with zero attached hydrogens (tertiary/aromatic N) is 3. The lowest BCUT2D eigenvalue weighted by molar-refractivity contribution is 0.0178. The van der Waals surface area contributed by atoms with Crippen LogP contribution in [0.3, 0.4) is 0 Å². The quantitative estimate of drug-likeness (QED) is 0.214. The summed E-state index contributed by atoms with van der Waals surface area (Å²) in [6.07, 6.45) is 1.19. The molecule has 2 aromatic heterocycles. The van der Waals surface area contributed by atoms with E-state index in [0.29, 0.717) is 56.8 Å². The van der Waals surface area contributed by atoms with E-state index in [0.717, 1.165) is 28.2 Å². The van der Waals surface area contributed by atoms with E-state index in [1.807, 2.05) is 37.3 Å². The van der Waals surface area contributed by atoms with Crippen molar-refractivity contribution in [1.29, 1.82) is 0 Å². The van der Waals surface area contributed by atoms with Crippen molar-refractivity contribution in [3.05, 3.63) is 60.3 Å². The standard InChI is InChI=1S/C28H33N3O7S/c1-20-28(21-5-8-23(9-6-21)39(4,32)33)31-27(29-20)12-10-24(30-31)22-7-11-25(26(19-22)35-3)38-18-17-37-16-15-36-14-13-34-2/h5-12,19H,13-18H2,1-4H3. The molecular weight excluding hydrogens is 522 g/mol. The number of ether oxygens (including phenoxy) is 5. The van der Waals surface area contributed by atoms with Gasteiger partial charge >= 0.3 is 0 Å². The SMILES string of the molecule is COCCOCCOCCOc1ccc(-c2ccc3nc(C)c(-c4ccc(S(C)(=O)=O)cc4)n3n2)cc1OC. The predicted molar refractivity (Wildman–Crippen MR) is 147 cm³/mol. The van der Waals surface area contributed by atoms with Crippen LogP contribution in [0.4, 0.5) is 0 Å². The van der Waals surface area contributed by atoms with Crippen molar-refractivity contribution >= 4 is 15.5 Å². The fraction of sp³-hybridized carbons (Fsp3) is 0.357. The van der Waals surface area contributed by atoms with Crippen molar-refractivity contribution < 1.29 is 32.1 Å². The molecule has 2 heterocycles. The molecule has 0 N–H and O–H groups in total. The van der Waals surface area contributed by atoms with Crippen LogP contribution in [0.5, 0.6) is 11.5 Å². The number of hydrogen-bond acceptors (Lipinski definition) is 9. The van der Waals surface area contributed by atoms with Crippen LogP contribution < -0.4 is 9.47 Å². The van der Waals surface area contributed by atoms with E-state index < -0.39 is 9.84 Å². The molecule has 0 atom stereocenters. The number of aromatic nitrogens is 3. The van der Waals surface area contributed by atoms with Crippen LogP contribution in [-0.2, 0) is 24.0 Å². The summed E-state index contributed by atoms with van der Waals surface area (Å²) in [5.74, 6) is 1.18. The van der Waals surface area contributed by atoms with Gasteiger partial charge in [0.15, 0.2) is 27.0 Å². The monoisotopic (exact) mass is 555 g/mol. The van der Waals surface area contributed by atoms with Gasteiger partial charge in [-0.25, -0.2) is 17.9 Å². The highest BCUT2D eigenvalue weighted by Crippen LogP contribution is 2.33. The summed E-state index contributed by atoms with van der Waals surface area (Å²) in [6.45, 7) is 4.78. The predicted octanol–water partition coefficient (Wildman–Crippen LogP) is 3.84. The molecule has 4 aromatic rings. The Balaban J connectivity index is 1.48. The van der Waals surface area contributed by atoms with Gasteiger partial charge in [-0.15, -0.1) is 0 Å². The number of fused-ring (bicyclic) bond motifs is 1. The largest absolute Gasteiger partial charge is 0.493 e. The summed E-state index contributed by atoms with van der Waals surface area (Å²) in [4.78, 5) is 4.89. The van der Waals surface area contributed by atoms with Crippen molar-refractivity contribution in [2.24, 2.45) is 0 Å². The lowest BCUT2D eigenvalue weighted by Gasteiger charge is -2.13. The van der Waals surface area contributed by atoms with Gasteiger partial charge in [-0.3, -0.25) is 0 Å². The second-order valence-corrected chi connectivity index (χ2v) is 10.8. The highest BCUT2D eigenvalue weighted by Gasteiger charge is 2.16. The van der Waals surface area contributed by atoms with Crippen LogP contribution in [0.25, 0.3) is 28.2 Å². The molecule has 208 valence electrons. The Bertz CT molecular complexity index is 1500. The Morgan fingerprint density at radius 2 is 1.46 bits per heavy atom. The van der Waals surface area contributed by atoms with Crippen LogP contribution in [-0.4, -0.2) is 83.1 Å². The molecule has 0 saturated carbocycles. The van der Waals surface area contributed by atoms with E-state index in [1.165, 1.54) is 6.26 Å². The van der Waals surface area contributed by atoms with E-state index in [4.69, 9.17) is 28.8 Å². The first kappa shape index (κ1) is 28.5. The first-order valence-electron chi connectivity index (χ1n) is 12.4. The zero-order valence-corrected chi connectivity index (χ0v) is 23.4. The number of benzene rings is 2. The second kappa shape index (κ2) is 13.0. The fourth-order valence-corrected chi connectivity index (χ4v) is 4.64. The molecule has 0 bridgehead atoms. The van der Waals surface area contributed by atoms with Gasteiger partial charge in [0.25, 0.3) is 0 Å². The van der Waals surface area contributed by atoms with Gasteiger partial charge in [-0.2, -0.15) is 5.10 Å². The van der Waals surface area contributed by atoms with Gasteiger partial charge < -0.3 is 23.7 Å². The molecule has 0 spiro atoms. The number of aryl methyl sites for hydroxylation is 1. The highest BCUT2D eigenvalue weighted by molar-refractivity contribution is 7.90. The van der Waals surface area contributed by atoms with Crippen molar-refractivity contribution in [2.45, 2.75) is 11.8 Å². The molecule has 4 rings (SSSR count). The number of hydrogen-bond donors (Lipinski definition) is 0. The Kier molecular flexibility index (Phi) is 9.52. The number of imidazole rings is 1. The fourth-order valence-electron chi connectivity index (χ4n) is 4.01. The molecule has 11 heteroatoms. The van der Waals surface area contributed by atoms with Gasteiger partial charge in [0.2, 0.25) is 0 Å². The van der Waals surface area contributed by atoms with Crippen molar-refractivity contribution in [3.8, 4) is 34.0 Å². The molecule has 0 amide bonds. The number of sulfone groups is 1. The summed E-state index contributed by atoms with van der Waals surface area (Å²) in [5, 5.41) is 4.84. The minimum atomic E-state index is -3.28.